The molecule has 4 nitrogen and oxygen atoms in total. The Morgan fingerprint density at radius 2 is 2.19 bits per heavy atom. The van der Waals surface area contributed by atoms with Crippen molar-refractivity contribution in [1.82, 2.24) is 9.78 Å². The van der Waals surface area contributed by atoms with Gasteiger partial charge in [0.25, 0.3) is 0 Å². The molecule has 0 bridgehead atoms. The molecule has 0 saturated carbocycles. The maximum atomic E-state index is 9.13. The monoisotopic (exact) mass is 220 g/mol. The minimum absolute atomic E-state index is 0.0587. The van der Waals surface area contributed by atoms with E-state index in [0.717, 1.165) is 11.5 Å². The van der Waals surface area contributed by atoms with Gasteiger partial charge < -0.3 is 9.52 Å². The second kappa shape index (κ2) is 3.79. The summed E-state index contributed by atoms with van der Waals surface area (Å²) in [6.45, 7) is 6.13. The zero-order valence-electron chi connectivity index (χ0n) is 9.77. The van der Waals surface area contributed by atoms with Crippen LogP contribution >= 0.6 is 0 Å². The number of hydrogen-bond acceptors (Lipinski definition) is 3. The van der Waals surface area contributed by atoms with Crippen LogP contribution in [0.4, 0.5) is 0 Å². The Hall–Kier alpha value is -1.55. The number of nitrogens with zero attached hydrogens (tertiary/aromatic N) is 2. The second-order valence-corrected chi connectivity index (χ2v) is 4.74. The van der Waals surface area contributed by atoms with Crippen LogP contribution in [0.1, 0.15) is 26.5 Å². The van der Waals surface area contributed by atoms with Gasteiger partial charge in [0.15, 0.2) is 5.76 Å². The minimum atomic E-state index is -0.143. The van der Waals surface area contributed by atoms with Crippen molar-refractivity contribution in [3.8, 4) is 11.5 Å². The number of aliphatic hydroxyl groups is 1. The van der Waals surface area contributed by atoms with Crippen LogP contribution in [0.15, 0.2) is 28.9 Å². The first-order valence-corrected chi connectivity index (χ1v) is 5.26. The third-order valence-corrected chi connectivity index (χ3v) is 2.33. The lowest BCUT2D eigenvalue weighted by atomic mass is 10.1. The molecule has 1 N–H and O–H groups in total. The lowest BCUT2D eigenvalue weighted by Gasteiger charge is -2.21. The summed E-state index contributed by atoms with van der Waals surface area (Å²) in [6, 6.07) is 5.58. The Labute approximate surface area is 94.5 Å². The molecular formula is C12H16N2O2. The number of furan rings is 1. The maximum absolute atomic E-state index is 9.13. The summed E-state index contributed by atoms with van der Waals surface area (Å²) in [5.74, 6) is 0.766. The zero-order chi connectivity index (χ0) is 11.8. The number of rotatable bonds is 2. The molecule has 0 spiro atoms. The molecule has 0 radical (unpaired) electrons. The molecule has 0 unspecified atom stereocenters. The molecular weight excluding hydrogens is 204 g/mol. The van der Waals surface area contributed by atoms with Crippen molar-refractivity contribution in [3.63, 3.8) is 0 Å². The van der Waals surface area contributed by atoms with Gasteiger partial charge >= 0.3 is 0 Å². The second-order valence-electron chi connectivity index (χ2n) is 4.74. The first-order chi connectivity index (χ1) is 7.52. The Morgan fingerprint density at radius 1 is 1.44 bits per heavy atom. The third kappa shape index (κ3) is 1.88. The Kier molecular flexibility index (Phi) is 2.59. The van der Waals surface area contributed by atoms with Gasteiger partial charge in [0.05, 0.1) is 24.1 Å². The number of aliphatic hydroxyl groups excluding tert-OH is 1. The van der Waals surface area contributed by atoms with E-state index < -0.39 is 0 Å². The van der Waals surface area contributed by atoms with Crippen LogP contribution in [-0.4, -0.2) is 14.9 Å². The van der Waals surface area contributed by atoms with Gasteiger partial charge in [-0.1, -0.05) is 0 Å². The van der Waals surface area contributed by atoms with Crippen LogP contribution in [-0.2, 0) is 12.1 Å². The topological polar surface area (TPSA) is 51.2 Å². The Morgan fingerprint density at radius 3 is 2.69 bits per heavy atom. The van der Waals surface area contributed by atoms with Gasteiger partial charge in [-0.3, -0.25) is 4.68 Å². The van der Waals surface area contributed by atoms with Crippen molar-refractivity contribution in [1.29, 1.82) is 0 Å². The summed E-state index contributed by atoms with van der Waals surface area (Å²) in [4.78, 5) is 0. The third-order valence-electron chi connectivity index (χ3n) is 2.33. The Balaban J connectivity index is 2.55. The van der Waals surface area contributed by atoms with E-state index in [4.69, 9.17) is 9.52 Å². The van der Waals surface area contributed by atoms with Crippen LogP contribution in [0, 0.1) is 0 Å². The SMILES string of the molecule is CC(C)(C)n1nc(CO)cc1-c1ccco1. The fourth-order valence-electron chi connectivity index (χ4n) is 1.62. The lowest BCUT2D eigenvalue weighted by molar-refractivity contribution is 0.270. The van der Waals surface area contributed by atoms with Crippen molar-refractivity contribution < 1.29 is 9.52 Å². The van der Waals surface area contributed by atoms with Crippen molar-refractivity contribution in [2.45, 2.75) is 32.9 Å². The summed E-state index contributed by atoms with van der Waals surface area (Å²) < 4.78 is 7.24. The van der Waals surface area contributed by atoms with E-state index in [-0.39, 0.29) is 12.1 Å². The summed E-state index contributed by atoms with van der Waals surface area (Å²) in [6.07, 6.45) is 1.63. The average Bonchev–Trinajstić information content (AvgIpc) is 2.85. The van der Waals surface area contributed by atoms with Gasteiger partial charge in [-0.05, 0) is 39.0 Å². The molecule has 0 aliphatic heterocycles. The molecule has 0 aromatic carbocycles. The van der Waals surface area contributed by atoms with Crippen LogP contribution < -0.4 is 0 Å². The van der Waals surface area contributed by atoms with Crippen LogP contribution in [0.5, 0.6) is 0 Å². The quantitative estimate of drug-likeness (QED) is 0.845. The van der Waals surface area contributed by atoms with Crippen LogP contribution in [0.3, 0.4) is 0 Å². The largest absolute Gasteiger partial charge is 0.463 e. The predicted molar refractivity (Wildman–Crippen MR) is 60.8 cm³/mol. The van der Waals surface area contributed by atoms with Gasteiger partial charge in [0, 0.05) is 0 Å². The number of aromatic nitrogens is 2. The summed E-state index contributed by atoms with van der Waals surface area (Å²) in [7, 11) is 0. The highest BCUT2D eigenvalue weighted by Gasteiger charge is 2.21. The molecule has 4 heteroatoms. The fraction of sp³-hybridized carbons (Fsp3) is 0.417. The summed E-state index contributed by atoms with van der Waals surface area (Å²) >= 11 is 0. The molecule has 2 rings (SSSR count). The molecule has 0 aliphatic carbocycles. The zero-order valence-corrected chi connectivity index (χ0v) is 9.77. The highest BCUT2D eigenvalue weighted by atomic mass is 16.3. The normalized spacial score (nSPS) is 12.0. The van der Waals surface area contributed by atoms with Gasteiger partial charge in [-0.15, -0.1) is 0 Å². The predicted octanol–water partition coefficient (Wildman–Crippen LogP) is 2.39. The van der Waals surface area contributed by atoms with E-state index in [1.165, 1.54) is 0 Å². The smallest absolute Gasteiger partial charge is 0.151 e. The van der Waals surface area contributed by atoms with Gasteiger partial charge in [0.2, 0.25) is 0 Å². The summed E-state index contributed by atoms with van der Waals surface area (Å²) in [5, 5.41) is 13.5. The van der Waals surface area contributed by atoms with Crippen molar-refractivity contribution in [2.75, 3.05) is 0 Å². The average molecular weight is 220 g/mol. The van der Waals surface area contributed by atoms with Gasteiger partial charge in [-0.25, -0.2) is 0 Å². The molecule has 0 fully saturated rings. The molecule has 0 saturated heterocycles. The van der Waals surface area contributed by atoms with Gasteiger partial charge in [-0.2, -0.15) is 5.10 Å². The van der Waals surface area contributed by atoms with Crippen LogP contribution in [0.2, 0.25) is 0 Å². The van der Waals surface area contributed by atoms with E-state index >= 15 is 0 Å². The first kappa shape index (κ1) is 11.0. The van der Waals surface area contributed by atoms with Crippen molar-refractivity contribution in [3.05, 3.63) is 30.2 Å². The summed E-state index contributed by atoms with van der Waals surface area (Å²) in [5.41, 5.74) is 1.40. The lowest BCUT2D eigenvalue weighted by Crippen LogP contribution is -2.24. The van der Waals surface area contributed by atoms with E-state index in [9.17, 15) is 0 Å². The Bertz CT molecular complexity index is 464. The van der Waals surface area contributed by atoms with E-state index in [1.807, 2.05) is 22.9 Å². The molecule has 2 heterocycles. The highest BCUT2D eigenvalue weighted by Crippen LogP contribution is 2.26. The molecule has 0 aliphatic rings. The molecule has 0 amide bonds. The van der Waals surface area contributed by atoms with E-state index in [1.54, 1.807) is 6.26 Å². The molecule has 0 atom stereocenters. The van der Waals surface area contributed by atoms with Crippen molar-refractivity contribution >= 4 is 0 Å². The van der Waals surface area contributed by atoms with Crippen molar-refractivity contribution in [2.24, 2.45) is 0 Å². The van der Waals surface area contributed by atoms with E-state index in [0.29, 0.717) is 5.69 Å². The molecule has 2 aromatic heterocycles. The molecule has 16 heavy (non-hydrogen) atoms. The molecule has 2 aromatic rings. The standard InChI is InChI=1S/C12H16N2O2/c1-12(2,3)14-10(7-9(8-15)13-14)11-5-4-6-16-11/h4-7,15H,8H2,1-3H3. The first-order valence-electron chi connectivity index (χ1n) is 5.26. The highest BCUT2D eigenvalue weighted by molar-refractivity contribution is 5.53. The minimum Gasteiger partial charge on any atom is -0.463 e. The van der Waals surface area contributed by atoms with E-state index in [2.05, 4.69) is 25.9 Å². The van der Waals surface area contributed by atoms with Gasteiger partial charge in [0.1, 0.15) is 5.69 Å². The number of hydrogen-bond donors (Lipinski definition) is 1. The fourth-order valence-corrected chi connectivity index (χ4v) is 1.62. The van der Waals surface area contributed by atoms with Crippen LogP contribution in [0.25, 0.3) is 11.5 Å². The molecule has 86 valence electrons. The maximum Gasteiger partial charge on any atom is 0.151 e.